The van der Waals surface area contributed by atoms with Gasteiger partial charge in [-0.3, -0.25) is 4.79 Å². The van der Waals surface area contributed by atoms with Crippen molar-refractivity contribution >= 4 is 5.91 Å². The highest BCUT2D eigenvalue weighted by Gasteiger charge is 2.49. The predicted octanol–water partition coefficient (Wildman–Crippen LogP) is -3.32. The second-order valence-electron chi connectivity index (χ2n) is 8.80. The van der Waals surface area contributed by atoms with Crippen LogP contribution in [0.5, 0.6) is 0 Å². The van der Waals surface area contributed by atoms with Crippen LogP contribution in [-0.2, 0) is 28.5 Å². The Kier molecular flexibility index (Phi) is 9.02. The largest absolute Gasteiger partial charge is 0.394 e. The molecule has 3 saturated heterocycles. The summed E-state index contributed by atoms with van der Waals surface area (Å²) in [6, 6.07) is -1.15. The molecule has 192 valence electrons. The van der Waals surface area contributed by atoms with Gasteiger partial charge < -0.3 is 59.6 Å². The normalized spacial score (nSPS) is 48.9. The van der Waals surface area contributed by atoms with E-state index in [0.717, 1.165) is 0 Å². The van der Waals surface area contributed by atoms with Gasteiger partial charge in [0.05, 0.1) is 31.0 Å². The molecular weight excluding hydrogens is 446 g/mol. The number of hydrogen-bond acceptors (Lipinski definition) is 12. The first-order valence-electron chi connectivity index (χ1n) is 11.1. The molecule has 0 aromatic rings. The molecule has 0 spiro atoms. The van der Waals surface area contributed by atoms with E-state index in [1.807, 2.05) is 0 Å². The van der Waals surface area contributed by atoms with Crippen LogP contribution in [0.25, 0.3) is 0 Å². The van der Waals surface area contributed by atoms with Crippen LogP contribution in [-0.4, -0.2) is 123 Å². The number of aliphatic hydroxyl groups is 6. The third kappa shape index (κ3) is 6.18. The van der Waals surface area contributed by atoms with E-state index in [1.54, 1.807) is 13.8 Å². The molecule has 33 heavy (non-hydrogen) atoms. The van der Waals surface area contributed by atoms with Gasteiger partial charge in [0.25, 0.3) is 0 Å². The zero-order valence-electron chi connectivity index (χ0n) is 18.8. The van der Waals surface area contributed by atoms with Crippen LogP contribution < -0.4 is 5.32 Å². The number of ether oxygens (including phenoxy) is 5. The Morgan fingerprint density at radius 3 is 2.09 bits per heavy atom. The number of aliphatic hydroxyl groups excluding tert-OH is 6. The number of rotatable bonds is 6. The van der Waals surface area contributed by atoms with Crippen molar-refractivity contribution in [3.8, 4) is 0 Å². The van der Waals surface area contributed by atoms with Crippen molar-refractivity contribution in [2.45, 2.75) is 113 Å². The summed E-state index contributed by atoms with van der Waals surface area (Å²) in [6.45, 7) is 3.82. The molecule has 1 amide bonds. The zero-order chi connectivity index (χ0) is 24.4. The lowest BCUT2D eigenvalue weighted by Crippen LogP contribution is -2.66. The first-order chi connectivity index (χ1) is 15.5. The minimum absolute atomic E-state index is 0.00312. The molecule has 3 aliphatic rings. The fourth-order valence-electron chi connectivity index (χ4n) is 4.35. The smallest absolute Gasteiger partial charge is 0.217 e. The van der Waals surface area contributed by atoms with E-state index in [0.29, 0.717) is 0 Å². The van der Waals surface area contributed by atoms with Crippen LogP contribution in [0.4, 0.5) is 0 Å². The van der Waals surface area contributed by atoms with Crippen molar-refractivity contribution in [2.24, 2.45) is 0 Å². The molecule has 3 rings (SSSR count). The Morgan fingerprint density at radius 2 is 1.52 bits per heavy atom. The fourth-order valence-corrected chi connectivity index (χ4v) is 4.35. The maximum Gasteiger partial charge on any atom is 0.217 e. The van der Waals surface area contributed by atoms with Crippen molar-refractivity contribution in [1.82, 2.24) is 5.32 Å². The summed E-state index contributed by atoms with van der Waals surface area (Å²) in [5.74, 6) is -0.496. The molecule has 0 bridgehead atoms. The molecule has 3 fully saturated rings. The van der Waals surface area contributed by atoms with Crippen LogP contribution in [0.15, 0.2) is 0 Å². The molecule has 13 nitrogen and oxygen atoms in total. The van der Waals surface area contributed by atoms with Gasteiger partial charge in [0.15, 0.2) is 18.9 Å². The van der Waals surface area contributed by atoms with E-state index in [4.69, 9.17) is 23.7 Å². The average molecular weight is 481 g/mol. The topological polar surface area (TPSA) is 197 Å². The third-order valence-electron chi connectivity index (χ3n) is 6.21. The second kappa shape index (κ2) is 11.2. The summed E-state index contributed by atoms with van der Waals surface area (Å²) in [5, 5.41) is 63.2. The SMILES string of the molecule is CC(=O)NC1C(O[C@H]2CC(O[C@H]3CC(O)[C@@H](O)C(C)O3)[C@@H](O)C(C)O2)[C@H](O)C(CO)O[C@H]1O. The summed E-state index contributed by atoms with van der Waals surface area (Å²) < 4.78 is 28.2. The van der Waals surface area contributed by atoms with Crippen LogP contribution >= 0.6 is 0 Å². The van der Waals surface area contributed by atoms with Gasteiger partial charge in [-0.05, 0) is 13.8 Å². The number of amides is 1. The van der Waals surface area contributed by atoms with E-state index in [-0.39, 0.29) is 12.8 Å². The van der Waals surface area contributed by atoms with Gasteiger partial charge in [-0.2, -0.15) is 0 Å². The van der Waals surface area contributed by atoms with Crippen LogP contribution in [0.2, 0.25) is 0 Å². The van der Waals surface area contributed by atoms with Crippen molar-refractivity contribution in [3.63, 3.8) is 0 Å². The Bertz CT molecular complexity index is 643. The Labute approximate surface area is 191 Å². The minimum Gasteiger partial charge on any atom is -0.394 e. The van der Waals surface area contributed by atoms with Crippen molar-refractivity contribution in [2.75, 3.05) is 6.61 Å². The number of hydrogen-bond donors (Lipinski definition) is 7. The summed E-state index contributed by atoms with van der Waals surface area (Å²) in [7, 11) is 0. The van der Waals surface area contributed by atoms with E-state index in [1.165, 1.54) is 6.92 Å². The lowest BCUT2D eigenvalue weighted by Gasteiger charge is -2.46. The van der Waals surface area contributed by atoms with E-state index in [2.05, 4.69) is 5.32 Å². The highest BCUT2D eigenvalue weighted by molar-refractivity contribution is 5.73. The molecule has 0 radical (unpaired) electrons. The molecule has 3 aliphatic heterocycles. The molecule has 0 aromatic carbocycles. The lowest BCUT2D eigenvalue weighted by molar-refractivity contribution is -0.331. The summed E-state index contributed by atoms with van der Waals surface area (Å²) >= 11 is 0. The maximum atomic E-state index is 11.6. The molecule has 3 heterocycles. The van der Waals surface area contributed by atoms with E-state index in [9.17, 15) is 35.4 Å². The van der Waals surface area contributed by atoms with Crippen molar-refractivity contribution in [1.29, 1.82) is 0 Å². The highest BCUT2D eigenvalue weighted by atomic mass is 16.7. The molecule has 7 unspecified atom stereocenters. The number of carbonyl (C=O) groups is 1. The number of nitrogens with one attached hydrogen (secondary N) is 1. The molecule has 7 N–H and O–H groups in total. The van der Waals surface area contributed by atoms with E-state index >= 15 is 0 Å². The molecule has 0 aliphatic carbocycles. The molecule has 13 atom stereocenters. The Balaban J connectivity index is 1.70. The Morgan fingerprint density at radius 1 is 0.909 bits per heavy atom. The van der Waals surface area contributed by atoms with Crippen molar-refractivity contribution < 1.29 is 59.1 Å². The van der Waals surface area contributed by atoms with Crippen LogP contribution in [0, 0.1) is 0 Å². The van der Waals surface area contributed by atoms with Gasteiger partial charge in [-0.15, -0.1) is 0 Å². The van der Waals surface area contributed by atoms with Gasteiger partial charge in [0, 0.05) is 19.8 Å². The van der Waals surface area contributed by atoms with Crippen molar-refractivity contribution in [3.05, 3.63) is 0 Å². The standard InChI is InChI=1S/C20H35NO12/c1-7-16(25)10(24)4-13(29-7)31-11-5-14(30-8(2)17(11)26)33-19-15(21-9(3)23)20(28)32-12(6-22)18(19)27/h7-8,10-20,22,24-28H,4-6H2,1-3H3,(H,21,23)/t7?,8?,10?,11?,12?,13-,14-,15?,16-,17-,18+,19?,20+/m0/s1. The lowest BCUT2D eigenvalue weighted by atomic mass is 9.96. The third-order valence-corrected chi connectivity index (χ3v) is 6.21. The predicted molar refractivity (Wildman–Crippen MR) is 107 cm³/mol. The summed E-state index contributed by atoms with van der Waals surface area (Å²) in [6.07, 6.45) is -12.6. The fraction of sp³-hybridized carbons (Fsp3) is 0.950. The number of carbonyl (C=O) groups excluding carboxylic acids is 1. The second-order valence-corrected chi connectivity index (χ2v) is 8.80. The summed E-state index contributed by atoms with van der Waals surface area (Å²) in [4.78, 5) is 11.6. The zero-order valence-corrected chi connectivity index (χ0v) is 18.8. The van der Waals surface area contributed by atoms with Crippen LogP contribution in [0.3, 0.4) is 0 Å². The van der Waals surface area contributed by atoms with E-state index < -0.39 is 92.4 Å². The molecular formula is C20H35NO12. The molecule has 0 saturated carbocycles. The van der Waals surface area contributed by atoms with Gasteiger partial charge in [0.2, 0.25) is 5.91 Å². The Hall–Kier alpha value is -0.970. The first kappa shape index (κ1) is 26.6. The van der Waals surface area contributed by atoms with Crippen LogP contribution in [0.1, 0.15) is 33.6 Å². The molecule has 0 aromatic heterocycles. The van der Waals surface area contributed by atoms with Gasteiger partial charge >= 0.3 is 0 Å². The maximum absolute atomic E-state index is 11.6. The van der Waals surface area contributed by atoms with Gasteiger partial charge in [-0.1, -0.05) is 0 Å². The quantitative estimate of drug-likeness (QED) is 0.200. The summed E-state index contributed by atoms with van der Waals surface area (Å²) in [5.41, 5.74) is 0. The van der Waals surface area contributed by atoms with Gasteiger partial charge in [0.1, 0.15) is 36.6 Å². The van der Waals surface area contributed by atoms with Gasteiger partial charge in [-0.25, -0.2) is 0 Å². The molecule has 13 heteroatoms. The monoisotopic (exact) mass is 481 g/mol. The minimum atomic E-state index is -1.55. The average Bonchev–Trinajstić information content (AvgIpc) is 2.74. The first-order valence-corrected chi connectivity index (χ1v) is 11.1. The highest BCUT2D eigenvalue weighted by Crippen LogP contribution is 2.31.